The summed E-state index contributed by atoms with van der Waals surface area (Å²) in [6.07, 6.45) is 11.3. The molecule has 0 saturated carbocycles. The lowest BCUT2D eigenvalue weighted by molar-refractivity contribution is 0.375. The molecule has 6 rings (SSSR count). The van der Waals surface area contributed by atoms with E-state index in [0.717, 1.165) is 27.7 Å². The molecule has 0 unspecified atom stereocenters. The Morgan fingerprint density at radius 3 is 2.35 bits per heavy atom. The summed E-state index contributed by atoms with van der Waals surface area (Å²) in [5.74, 6) is 0. The number of pyridine rings is 1. The van der Waals surface area contributed by atoms with Crippen molar-refractivity contribution in [3.63, 3.8) is 0 Å². The van der Waals surface area contributed by atoms with Gasteiger partial charge < -0.3 is 10.1 Å². The zero-order valence-electron chi connectivity index (χ0n) is 21.8. The Morgan fingerprint density at radius 2 is 1.73 bits per heavy atom. The zero-order chi connectivity index (χ0) is 26.2. The molecule has 0 aliphatic carbocycles. The first kappa shape index (κ1) is 25.8. The maximum absolute atomic E-state index is 9.11. The van der Waals surface area contributed by atoms with Crippen molar-refractivity contribution in [3.05, 3.63) is 60.7 Å². The van der Waals surface area contributed by atoms with E-state index in [1.165, 1.54) is 32.4 Å². The number of fused-ring (bicyclic) bond motifs is 2. The molecule has 1 fully saturated rings. The molecule has 0 atom stereocenters. The number of methoxy groups -OCH3 is 1. The number of rotatable bonds is 3. The number of ether oxygens (including phenoxy) is 1. The molecule has 5 aromatic rings. The van der Waals surface area contributed by atoms with Gasteiger partial charge in [-0.1, -0.05) is 32.4 Å². The maximum atomic E-state index is 9.11. The zero-order valence-corrected chi connectivity index (χ0v) is 21.8. The van der Waals surface area contributed by atoms with Crippen LogP contribution in [0.4, 0.5) is 0 Å². The number of piperidine rings is 1. The monoisotopic (exact) mass is 496 g/mol. The molecular formula is C28H32N8O. The molecule has 9 nitrogen and oxygen atoms in total. The fraction of sp³-hybridized carbons (Fsp3) is 0.321. The Labute approximate surface area is 216 Å². The SMILES string of the molecule is C1CCNCC1.CC.COc1nc(-c2ccc(C#N)cc2)c(-c2cnc3c(cnn3C)c2)c2nccn12. The molecular weight excluding hydrogens is 464 g/mol. The van der Waals surface area contributed by atoms with Crippen LogP contribution in [0.15, 0.2) is 55.1 Å². The lowest BCUT2D eigenvalue weighted by Gasteiger charge is -2.14. The fourth-order valence-corrected chi connectivity index (χ4v) is 4.26. The van der Waals surface area contributed by atoms with Crippen molar-refractivity contribution in [2.45, 2.75) is 33.1 Å². The third kappa shape index (κ3) is 5.44. The lowest BCUT2D eigenvalue weighted by Crippen LogP contribution is -2.21. The normalized spacial score (nSPS) is 12.7. The molecule has 1 aliphatic rings. The fourth-order valence-electron chi connectivity index (χ4n) is 4.26. The second-order valence-electron chi connectivity index (χ2n) is 8.35. The maximum Gasteiger partial charge on any atom is 0.302 e. The van der Waals surface area contributed by atoms with Crippen molar-refractivity contribution in [1.29, 1.82) is 5.26 Å². The molecule has 1 aliphatic heterocycles. The van der Waals surface area contributed by atoms with E-state index in [9.17, 15) is 0 Å². The summed E-state index contributed by atoms with van der Waals surface area (Å²) >= 11 is 0. The number of benzene rings is 1. The van der Waals surface area contributed by atoms with E-state index >= 15 is 0 Å². The highest BCUT2D eigenvalue weighted by atomic mass is 16.5. The van der Waals surface area contributed by atoms with Gasteiger partial charge in [-0.25, -0.2) is 9.97 Å². The molecule has 4 aromatic heterocycles. The molecule has 0 radical (unpaired) electrons. The highest BCUT2D eigenvalue weighted by Crippen LogP contribution is 2.36. The summed E-state index contributed by atoms with van der Waals surface area (Å²) in [6.45, 7) is 6.50. The molecule has 0 spiro atoms. The Bertz CT molecular complexity index is 1500. The molecule has 1 aromatic carbocycles. The summed E-state index contributed by atoms with van der Waals surface area (Å²) in [4.78, 5) is 13.9. The van der Waals surface area contributed by atoms with E-state index in [1.807, 2.05) is 45.3 Å². The summed E-state index contributed by atoms with van der Waals surface area (Å²) in [6, 6.07) is 11.9. The predicted octanol–water partition coefficient (Wildman–Crippen LogP) is 5.01. The number of nitrogens with one attached hydrogen (secondary N) is 1. The highest BCUT2D eigenvalue weighted by molar-refractivity contribution is 5.93. The minimum Gasteiger partial charge on any atom is -0.468 e. The second kappa shape index (κ2) is 12.1. The van der Waals surface area contributed by atoms with E-state index in [0.29, 0.717) is 22.9 Å². The Balaban J connectivity index is 0.000000348. The van der Waals surface area contributed by atoms with E-state index in [4.69, 9.17) is 15.0 Å². The number of nitrogens with zero attached hydrogens (tertiary/aromatic N) is 7. The van der Waals surface area contributed by atoms with E-state index < -0.39 is 0 Å². The van der Waals surface area contributed by atoms with E-state index in [1.54, 1.807) is 46.9 Å². The van der Waals surface area contributed by atoms with Crippen LogP contribution in [0.1, 0.15) is 38.7 Å². The number of aromatic nitrogens is 6. The minimum absolute atomic E-state index is 0.427. The largest absolute Gasteiger partial charge is 0.468 e. The summed E-state index contributed by atoms with van der Waals surface area (Å²) < 4.78 is 9.02. The molecule has 1 saturated heterocycles. The van der Waals surface area contributed by atoms with Crippen molar-refractivity contribution in [3.8, 4) is 34.5 Å². The van der Waals surface area contributed by atoms with Crippen molar-refractivity contribution in [1.82, 2.24) is 34.4 Å². The van der Waals surface area contributed by atoms with Crippen LogP contribution in [0, 0.1) is 11.3 Å². The average molecular weight is 497 g/mol. The highest BCUT2D eigenvalue weighted by Gasteiger charge is 2.20. The van der Waals surface area contributed by atoms with Crippen LogP contribution in [0.3, 0.4) is 0 Å². The van der Waals surface area contributed by atoms with Crippen molar-refractivity contribution in [2.75, 3.05) is 20.2 Å². The molecule has 9 heteroatoms. The lowest BCUT2D eigenvalue weighted by atomic mass is 10.00. The number of nitriles is 1. The quantitative estimate of drug-likeness (QED) is 0.374. The standard InChI is InChI=1S/C21H15N7O.C5H11N.C2H6/c1-27-19-16(12-25-27)9-15(11-24-19)17-18(14-5-3-13(10-22)4-6-14)26-21(29-2)28-8-7-23-20(17)28;1-2-4-6-5-3-1;1-2/h3-9,11-12H,1-2H3;6H,1-5H2;1-2H3. The van der Waals surface area contributed by atoms with Gasteiger partial charge in [0.2, 0.25) is 0 Å². The molecule has 37 heavy (non-hydrogen) atoms. The molecule has 190 valence electrons. The average Bonchev–Trinajstić information content (AvgIpc) is 3.61. The van der Waals surface area contributed by atoms with Gasteiger partial charge in [0.15, 0.2) is 11.3 Å². The Hall–Kier alpha value is -4.29. The number of hydrogen-bond donors (Lipinski definition) is 1. The Kier molecular flexibility index (Phi) is 8.44. The van der Waals surface area contributed by atoms with Crippen LogP contribution in [-0.4, -0.2) is 49.3 Å². The topological polar surface area (TPSA) is 106 Å². The van der Waals surface area contributed by atoms with Crippen LogP contribution in [0.2, 0.25) is 0 Å². The van der Waals surface area contributed by atoms with E-state index in [2.05, 4.69) is 26.5 Å². The second-order valence-corrected chi connectivity index (χ2v) is 8.35. The van der Waals surface area contributed by atoms with Gasteiger partial charge in [0, 0.05) is 42.2 Å². The van der Waals surface area contributed by atoms with Gasteiger partial charge in [0.1, 0.15) is 0 Å². The smallest absolute Gasteiger partial charge is 0.302 e. The minimum atomic E-state index is 0.427. The van der Waals surface area contributed by atoms with Crippen LogP contribution in [0.25, 0.3) is 39.1 Å². The third-order valence-electron chi connectivity index (χ3n) is 6.05. The summed E-state index contributed by atoms with van der Waals surface area (Å²) in [7, 11) is 3.44. The number of hydrogen-bond acceptors (Lipinski definition) is 7. The van der Waals surface area contributed by atoms with E-state index in [-0.39, 0.29) is 0 Å². The van der Waals surface area contributed by atoms with Crippen molar-refractivity contribution in [2.24, 2.45) is 7.05 Å². The molecule has 5 heterocycles. The van der Waals surface area contributed by atoms with Crippen LogP contribution >= 0.6 is 0 Å². The summed E-state index contributed by atoms with van der Waals surface area (Å²) in [5.41, 5.74) is 5.36. The van der Waals surface area contributed by atoms with Crippen molar-refractivity contribution >= 4 is 16.7 Å². The molecule has 0 bridgehead atoms. The van der Waals surface area contributed by atoms with Gasteiger partial charge in [-0.3, -0.25) is 9.08 Å². The van der Waals surface area contributed by atoms with Gasteiger partial charge in [-0.15, -0.1) is 0 Å². The van der Waals surface area contributed by atoms with Crippen molar-refractivity contribution < 1.29 is 4.74 Å². The first-order chi connectivity index (χ1) is 18.2. The van der Waals surface area contributed by atoms with Gasteiger partial charge in [-0.05, 0) is 44.1 Å². The first-order valence-electron chi connectivity index (χ1n) is 12.6. The number of imidazole rings is 1. The van der Waals surface area contributed by atoms with Crippen LogP contribution < -0.4 is 10.1 Å². The van der Waals surface area contributed by atoms with Gasteiger partial charge in [0.05, 0.1) is 36.2 Å². The molecule has 1 N–H and O–H groups in total. The van der Waals surface area contributed by atoms with Crippen LogP contribution in [-0.2, 0) is 7.05 Å². The third-order valence-corrected chi connectivity index (χ3v) is 6.05. The van der Waals surface area contributed by atoms with Crippen LogP contribution in [0.5, 0.6) is 6.01 Å². The number of aryl methyl sites for hydroxylation is 1. The Morgan fingerprint density at radius 1 is 0.973 bits per heavy atom. The predicted molar refractivity (Wildman–Crippen MR) is 145 cm³/mol. The molecule has 0 amide bonds. The summed E-state index contributed by atoms with van der Waals surface area (Å²) in [5, 5.41) is 17.6. The first-order valence-corrected chi connectivity index (χ1v) is 12.6. The van der Waals surface area contributed by atoms with Gasteiger partial charge >= 0.3 is 6.01 Å². The van der Waals surface area contributed by atoms with Gasteiger partial charge in [0.25, 0.3) is 0 Å². The van der Waals surface area contributed by atoms with Gasteiger partial charge in [-0.2, -0.15) is 15.3 Å².